The number of thiocarbonyl (C=S) groups is 1. The van der Waals surface area contributed by atoms with E-state index >= 15 is 0 Å². The highest BCUT2D eigenvalue weighted by molar-refractivity contribution is 7.80. The summed E-state index contributed by atoms with van der Waals surface area (Å²) in [4.78, 5) is 0. The molecule has 0 saturated carbocycles. The van der Waals surface area contributed by atoms with Crippen molar-refractivity contribution in [2.45, 2.75) is 0 Å². The Morgan fingerprint density at radius 2 is 1.17 bits per heavy atom. The van der Waals surface area contributed by atoms with Crippen LogP contribution in [0.1, 0.15) is 0 Å². The van der Waals surface area contributed by atoms with E-state index in [1.165, 1.54) is 12.1 Å². The predicted octanol–water partition coefficient (Wildman–Crippen LogP) is 3.77. The number of hydrogen-bond acceptors (Lipinski definition) is 1. The Morgan fingerprint density at radius 1 is 0.778 bits per heavy atom. The van der Waals surface area contributed by atoms with E-state index in [0.29, 0.717) is 0 Å². The summed E-state index contributed by atoms with van der Waals surface area (Å²) in [6.07, 6.45) is 0. The van der Waals surface area contributed by atoms with Crippen molar-refractivity contribution in [2.24, 2.45) is 0 Å². The van der Waals surface area contributed by atoms with E-state index in [-0.39, 0.29) is 16.5 Å². The van der Waals surface area contributed by atoms with Crippen molar-refractivity contribution < 1.29 is 8.78 Å². The van der Waals surface area contributed by atoms with Crippen LogP contribution >= 0.6 is 12.2 Å². The van der Waals surface area contributed by atoms with Crippen molar-refractivity contribution in [3.63, 3.8) is 0 Å². The molecule has 0 aromatic heterocycles. The van der Waals surface area contributed by atoms with Gasteiger partial charge >= 0.3 is 0 Å². The molecule has 0 fully saturated rings. The van der Waals surface area contributed by atoms with Crippen molar-refractivity contribution in [3.05, 3.63) is 60.2 Å². The van der Waals surface area contributed by atoms with Gasteiger partial charge < -0.3 is 10.6 Å². The highest BCUT2D eigenvalue weighted by atomic mass is 32.1. The zero-order chi connectivity index (χ0) is 13.0. The summed E-state index contributed by atoms with van der Waals surface area (Å²) in [5.74, 6) is -0.842. The molecular weight excluding hydrogens is 254 g/mol. The summed E-state index contributed by atoms with van der Waals surface area (Å²) < 4.78 is 26.7. The SMILES string of the molecule is Fc1ccccc1NC(=S)Nc1ccccc1F. The van der Waals surface area contributed by atoms with E-state index in [1.807, 2.05) is 0 Å². The van der Waals surface area contributed by atoms with Crippen LogP contribution in [0.5, 0.6) is 0 Å². The molecule has 2 aromatic rings. The molecule has 0 radical (unpaired) electrons. The van der Waals surface area contributed by atoms with E-state index in [1.54, 1.807) is 36.4 Å². The average Bonchev–Trinajstić information content (AvgIpc) is 2.35. The minimum absolute atomic E-state index is 0.130. The number of hydrogen-bond donors (Lipinski definition) is 2. The Bertz CT molecular complexity index is 523. The molecule has 2 N–H and O–H groups in total. The molecule has 0 spiro atoms. The fourth-order valence-electron chi connectivity index (χ4n) is 1.40. The molecule has 0 heterocycles. The van der Waals surface area contributed by atoms with E-state index in [4.69, 9.17) is 12.2 Å². The Kier molecular flexibility index (Phi) is 3.84. The summed E-state index contributed by atoms with van der Waals surface area (Å²) >= 11 is 4.98. The van der Waals surface area contributed by atoms with Crippen molar-refractivity contribution >= 4 is 28.7 Å². The summed E-state index contributed by atoms with van der Waals surface area (Å²) in [7, 11) is 0. The molecule has 0 unspecified atom stereocenters. The molecule has 0 amide bonds. The lowest BCUT2D eigenvalue weighted by Gasteiger charge is -2.11. The smallest absolute Gasteiger partial charge is 0.175 e. The average molecular weight is 264 g/mol. The van der Waals surface area contributed by atoms with Gasteiger partial charge in [0, 0.05) is 0 Å². The third kappa shape index (κ3) is 3.01. The van der Waals surface area contributed by atoms with Crippen LogP contribution in [0.25, 0.3) is 0 Å². The normalized spacial score (nSPS) is 9.89. The molecule has 2 nitrogen and oxygen atoms in total. The zero-order valence-corrected chi connectivity index (χ0v) is 10.1. The number of para-hydroxylation sites is 2. The molecule has 0 aliphatic rings. The van der Waals surface area contributed by atoms with Crippen molar-refractivity contribution in [2.75, 3.05) is 10.6 Å². The Morgan fingerprint density at radius 3 is 1.56 bits per heavy atom. The minimum Gasteiger partial charge on any atom is -0.330 e. The Balaban J connectivity index is 2.06. The second kappa shape index (κ2) is 5.55. The topological polar surface area (TPSA) is 24.1 Å². The fraction of sp³-hybridized carbons (Fsp3) is 0. The molecule has 2 aromatic carbocycles. The number of benzene rings is 2. The summed E-state index contributed by atoms with van der Waals surface area (Å²) in [6, 6.07) is 12.2. The van der Waals surface area contributed by atoms with Gasteiger partial charge in [0.15, 0.2) is 5.11 Å². The van der Waals surface area contributed by atoms with Gasteiger partial charge in [-0.15, -0.1) is 0 Å². The maximum Gasteiger partial charge on any atom is 0.175 e. The molecule has 0 saturated heterocycles. The highest BCUT2D eigenvalue weighted by Gasteiger charge is 2.05. The van der Waals surface area contributed by atoms with Gasteiger partial charge in [0.1, 0.15) is 11.6 Å². The lowest BCUT2D eigenvalue weighted by Crippen LogP contribution is -2.20. The summed E-state index contributed by atoms with van der Waals surface area (Å²) in [5, 5.41) is 5.46. The fourth-order valence-corrected chi connectivity index (χ4v) is 1.62. The second-order valence-corrected chi connectivity index (χ2v) is 3.95. The quantitative estimate of drug-likeness (QED) is 0.807. The van der Waals surface area contributed by atoms with Gasteiger partial charge in [0.05, 0.1) is 11.4 Å². The van der Waals surface area contributed by atoms with Gasteiger partial charge in [-0.25, -0.2) is 8.78 Å². The summed E-state index contributed by atoms with van der Waals surface area (Å²) in [6.45, 7) is 0. The first-order chi connectivity index (χ1) is 8.66. The third-order valence-corrected chi connectivity index (χ3v) is 2.45. The molecule has 92 valence electrons. The Labute approximate surface area is 109 Å². The van der Waals surface area contributed by atoms with Gasteiger partial charge in [-0.05, 0) is 36.5 Å². The van der Waals surface area contributed by atoms with Gasteiger partial charge in [-0.2, -0.15) is 0 Å². The second-order valence-electron chi connectivity index (χ2n) is 3.54. The number of rotatable bonds is 2. The van der Waals surface area contributed by atoms with Gasteiger partial charge in [-0.3, -0.25) is 0 Å². The molecule has 0 aliphatic heterocycles. The number of halogens is 2. The molecule has 5 heteroatoms. The van der Waals surface area contributed by atoms with Crippen LogP contribution in [-0.4, -0.2) is 5.11 Å². The Hall–Kier alpha value is -2.01. The molecule has 2 rings (SSSR count). The van der Waals surface area contributed by atoms with Crippen molar-refractivity contribution in [1.29, 1.82) is 0 Å². The van der Waals surface area contributed by atoms with Crippen LogP contribution in [-0.2, 0) is 0 Å². The maximum atomic E-state index is 13.3. The first kappa shape index (κ1) is 12.4. The molecular formula is C13H10F2N2S. The molecule has 0 bridgehead atoms. The first-order valence-electron chi connectivity index (χ1n) is 5.24. The van der Waals surface area contributed by atoms with Crippen LogP contribution in [0.3, 0.4) is 0 Å². The minimum atomic E-state index is -0.421. The van der Waals surface area contributed by atoms with Gasteiger partial charge in [0.25, 0.3) is 0 Å². The van der Waals surface area contributed by atoms with Crippen LogP contribution in [0.15, 0.2) is 48.5 Å². The van der Waals surface area contributed by atoms with E-state index in [2.05, 4.69) is 10.6 Å². The van der Waals surface area contributed by atoms with E-state index < -0.39 is 11.6 Å². The van der Waals surface area contributed by atoms with E-state index in [9.17, 15) is 8.78 Å². The largest absolute Gasteiger partial charge is 0.330 e. The van der Waals surface area contributed by atoms with Crippen LogP contribution in [0.2, 0.25) is 0 Å². The lowest BCUT2D eigenvalue weighted by atomic mass is 10.3. The maximum absolute atomic E-state index is 13.3. The van der Waals surface area contributed by atoms with Crippen LogP contribution in [0, 0.1) is 11.6 Å². The standard InChI is InChI=1S/C13H10F2N2S/c14-9-5-1-3-7-11(9)16-13(18)17-12-8-4-2-6-10(12)15/h1-8H,(H2,16,17,18). The number of nitrogens with one attached hydrogen (secondary N) is 2. The first-order valence-corrected chi connectivity index (χ1v) is 5.65. The molecule has 0 aliphatic carbocycles. The van der Waals surface area contributed by atoms with Crippen LogP contribution in [0.4, 0.5) is 20.2 Å². The van der Waals surface area contributed by atoms with Gasteiger partial charge in [-0.1, -0.05) is 24.3 Å². The van der Waals surface area contributed by atoms with Crippen molar-refractivity contribution in [1.82, 2.24) is 0 Å². The van der Waals surface area contributed by atoms with Crippen molar-refractivity contribution in [3.8, 4) is 0 Å². The van der Waals surface area contributed by atoms with Gasteiger partial charge in [0.2, 0.25) is 0 Å². The third-order valence-electron chi connectivity index (χ3n) is 2.24. The molecule has 0 atom stereocenters. The highest BCUT2D eigenvalue weighted by Crippen LogP contribution is 2.15. The number of anilines is 2. The molecule has 18 heavy (non-hydrogen) atoms. The lowest BCUT2D eigenvalue weighted by molar-refractivity contribution is 0.632. The monoisotopic (exact) mass is 264 g/mol. The summed E-state index contributed by atoms with van der Waals surface area (Å²) in [5.41, 5.74) is 0.484. The zero-order valence-electron chi connectivity index (χ0n) is 9.28. The van der Waals surface area contributed by atoms with Crippen LogP contribution < -0.4 is 10.6 Å². The van der Waals surface area contributed by atoms with E-state index in [0.717, 1.165) is 0 Å². The predicted molar refractivity (Wildman–Crippen MR) is 72.6 cm³/mol.